The van der Waals surface area contributed by atoms with Gasteiger partial charge in [0.2, 0.25) is 5.91 Å². The number of rotatable bonds is 21. The third-order valence-corrected chi connectivity index (χ3v) is 12.4. The van der Waals surface area contributed by atoms with Crippen molar-refractivity contribution in [3.63, 3.8) is 0 Å². The highest BCUT2D eigenvalue weighted by molar-refractivity contribution is 7.47. The monoisotopic (exact) mass is 1050 g/mol. The van der Waals surface area contributed by atoms with Gasteiger partial charge in [0.25, 0.3) is 0 Å². The Kier molecular flexibility index (Phi) is 17.1. The molecule has 72 heavy (non-hydrogen) atoms. The van der Waals surface area contributed by atoms with Crippen molar-refractivity contribution in [3.8, 4) is 0 Å². The number of nitrogens with two attached hydrogens (primary N) is 2. The van der Waals surface area contributed by atoms with Gasteiger partial charge in [0.1, 0.15) is 67.2 Å². The van der Waals surface area contributed by atoms with Gasteiger partial charge >= 0.3 is 33.4 Å². The Labute approximate surface area is 406 Å². The average molecular weight is 1050 g/mol. The second-order valence-corrected chi connectivity index (χ2v) is 18.8. The standard InChI is InChI=1S/C41H49FN10O18P2/c1-2-3-13-50(41(58)64-17-23-6-10-25(11-7-23)48-29(53)15-22-4-8-24(42)9-5-22)16-30(54)69-34-26(67-39(32(34)55)52-21-47-31-36(44)45-20-46-37(31)52)19-66-72(62,63)70-35-27(18-65-71(59,60)61)68-38(33(35)56)51-14-12-28(43)49-40(51)57/h4-12,14,20-21,26-27,32-35,38-39,55-56H,2-3,13,15-19H2,1H3,(H,48,53)(H,62,63)(H2,43,49,57)(H2,44,45,46)(H2,59,60,61)/t26-,27-,32-,33-,34-,35-,38-,39-/m1/s1. The van der Waals surface area contributed by atoms with Crippen LogP contribution in [0.5, 0.6) is 0 Å². The van der Waals surface area contributed by atoms with Gasteiger partial charge in [-0.25, -0.2) is 38.1 Å². The molecule has 0 aliphatic carbocycles. The number of phosphoric acid groups is 2. The molecule has 2 aliphatic heterocycles. The fourth-order valence-corrected chi connectivity index (χ4v) is 8.79. The van der Waals surface area contributed by atoms with Gasteiger partial charge < -0.3 is 60.6 Å². The summed E-state index contributed by atoms with van der Waals surface area (Å²) >= 11 is 0. The van der Waals surface area contributed by atoms with Gasteiger partial charge in [0.15, 0.2) is 30.0 Å². The topological polar surface area (TPSA) is 397 Å². The molecule has 3 aromatic heterocycles. The number of phosphoric ester groups is 2. The molecule has 7 rings (SSSR count). The van der Waals surface area contributed by atoms with Crippen molar-refractivity contribution in [1.29, 1.82) is 0 Å². The van der Waals surface area contributed by atoms with Crippen molar-refractivity contribution in [1.82, 2.24) is 34.0 Å². The van der Waals surface area contributed by atoms with E-state index in [1.54, 1.807) is 24.3 Å². The number of aromatic nitrogens is 6. The number of benzene rings is 2. The van der Waals surface area contributed by atoms with Crippen LogP contribution in [0.25, 0.3) is 11.2 Å². The lowest BCUT2D eigenvalue weighted by Gasteiger charge is -2.26. The predicted molar refractivity (Wildman–Crippen MR) is 243 cm³/mol. The number of nitrogen functional groups attached to an aromatic ring is 2. The van der Waals surface area contributed by atoms with Crippen LogP contribution in [-0.2, 0) is 64.3 Å². The maximum Gasteiger partial charge on any atom is 0.472 e. The lowest BCUT2D eigenvalue weighted by molar-refractivity contribution is -0.157. The molecule has 2 saturated heterocycles. The zero-order chi connectivity index (χ0) is 51.9. The van der Waals surface area contributed by atoms with E-state index in [0.29, 0.717) is 29.7 Å². The van der Waals surface area contributed by atoms with Gasteiger partial charge in [-0.2, -0.15) is 4.98 Å². The minimum absolute atomic E-state index is 0.00823. The minimum Gasteiger partial charge on any atom is -0.455 e. The van der Waals surface area contributed by atoms with Crippen molar-refractivity contribution in [2.75, 3.05) is 43.1 Å². The van der Waals surface area contributed by atoms with E-state index in [0.717, 1.165) is 28.1 Å². The quantitative estimate of drug-likeness (QED) is 0.0376. The summed E-state index contributed by atoms with van der Waals surface area (Å²) in [5, 5.41) is 25.6. The number of halogens is 1. The maximum absolute atomic E-state index is 13.7. The smallest absolute Gasteiger partial charge is 0.455 e. The van der Waals surface area contributed by atoms with Gasteiger partial charge in [-0.3, -0.25) is 37.2 Å². The molecular formula is C41H49FN10O18P2. The highest BCUT2D eigenvalue weighted by atomic mass is 31.2. The van der Waals surface area contributed by atoms with Crippen LogP contribution in [0.4, 0.5) is 26.5 Å². The average Bonchev–Trinajstić information content (AvgIpc) is 3.99. The zero-order valence-electron chi connectivity index (χ0n) is 37.8. The van der Waals surface area contributed by atoms with E-state index in [1.807, 2.05) is 6.92 Å². The Hall–Kier alpha value is -6.33. The van der Waals surface area contributed by atoms with Crippen molar-refractivity contribution in [3.05, 3.63) is 101 Å². The van der Waals surface area contributed by atoms with E-state index in [4.69, 9.17) is 39.5 Å². The first-order valence-corrected chi connectivity index (χ1v) is 24.8. The third-order valence-electron chi connectivity index (χ3n) is 11.0. The van der Waals surface area contributed by atoms with Crippen LogP contribution in [0.2, 0.25) is 0 Å². The molecule has 28 nitrogen and oxygen atoms in total. The summed E-state index contributed by atoms with van der Waals surface area (Å²) in [4.78, 5) is 98.7. The molecular weight excluding hydrogens is 1000 g/mol. The summed E-state index contributed by atoms with van der Waals surface area (Å²) in [5.41, 5.74) is 12.2. The SMILES string of the molecule is CCCCN(CC(=O)O[C@H]1[C@@H](O)[C@H](n2cnc3c(N)ncnc32)O[C@@H]1COP(=O)(O)O[C@H]1[C@@H](O)[C@H](n2ccc(N)nc2=O)O[C@@H]1COP(=O)(O)O)C(=O)OCc1ccc(NC(=O)Cc2ccc(F)cc2)cc1. The van der Waals surface area contributed by atoms with Crippen LogP contribution >= 0.6 is 15.6 Å². The van der Waals surface area contributed by atoms with E-state index in [1.165, 1.54) is 35.2 Å². The molecule has 31 heteroatoms. The van der Waals surface area contributed by atoms with E-state index in [2.05, 4.69) is 29.8 Å². The molecule has 9 atom stereocenters. The number of amides is 2. The summed E-state index contributed by atoms with van der Waals surface area (Å²) in [7, 11) is -10.6. The van der Waals surface area contributed by atoms with Gasteiger partial charge in [0, 0.05) is 18.4 Å². The normalized spacial score (nSPS) is 22.9. The summed E-state index contributed by atoms with van der Waals surface area (Å²) in [6.45, 7) is -1.14. The number of unbranched alkanes of at least 4 members (excludes halogenated alkanes) is 1. The van der Waals surface area contributed by atoms with Crippen LogP contribution in [0.1, 0.15) is 43.3 Å². The number of aliphatic hydroxyl groups is 2. The van der Waals surface area contributed by atoms with E-state index >= 15 is 0 Å². The number of ether oxygens (including phenoxy) is 4. The Balaban J connectivity index is 1.03. The Bertz CT molecular complexity index is 2880. The highest BCUT2D eigenvalue weighted by Crippen LogP contribution is 2.50. The number of nitrogens with one attached hydrogen (secondary N) is 1. The molecule has 0 saturated carbocycles. The number of esters is 1. The maximum atomic E-state index is 13.7. The molecule has 5 aromatic rings. The fraction of sp³-hybridized carbons (Fsp3) is 0.415. The molecule has 2 aliphatic rings. The van der Waals surface area contributed by atoms with Crippen molar-refractivity contribution in [2.45, 2.75) is 81.9 Å². The number of nitrogens with zero attached hydrogens (tertiary/aromatic N) is 7. The van der Waals surface area contributed by atoms with E-state index in [9.17, 15) is 57.6 Å². The second-order valence-electron chi connectivity index (χ2n) is 16.2. The first-order chi connectivity index (χ1) is 34.2. The molecule has 10 N–H and O–H groups in total. The lowest BCUT2D eigenvalue weighted by atomic mass is 10.1. The summed E-state index contributed by atoms with van der Waals surface area (Å²) in [6, 6.07) is 13.1. The molecule has 0 bridgehead atoms. The van der Waals surface area contributed by atoms with Gasteiger partial charge in [-0.15, -0.1) is 0 Å². The van der Waals surface area contributed by atoms with Crippen molar-refractivity contribution < 1.29 is 85.3 Å². The Morgan fingerprint density at radius 3 is 2.21 bits per heavy atom. The summed E-state index contributed by atoms with van der Waals surface area (Å²) in [6.07, 6.45) is -10.6. The Morgan fingerprint density at radius 2 is 1.53 bits per heavy atom. The number of aliphatic hydroxyl groups excluding tert-OH is 2. The number of carbonyl (C=O) groups excluding carboxylic acids is 3. The molecule has 0 spiro atoms. The van der Waals surface area contributed by atoms with Crippen molar-refractivity contribution in [2.24, 2.45) is 0 Å². The Morgan fingerprint density at radius 1 is 0.875 bits per heavy atom. The first kappa shape index (κ1) is 53.5. The van der Waals surface area contributed by atoms with E-state index < -0.39 is 108 Å². The first-order valence-electron chi connectivity index (χ1n) is 21.7. The van der Waals surface area contributed by atoms with Crippen LogP contribution in [0.3, 0.4) is 0 Å². The number of fused-ring (bicyclic) bond motifs is 1. The zero-order valence-corrected chi connectivity index (χ0v) is 39.6. The predicted octanol–water partition coefficient (Wildman–Crippen LogP) is 1.05. The van der Waals surface area contributed by atoms with Crippen molar-refractivity contribution >= 4 is 62.1 Å². The van der Waals surface area contributed by atoms with Crippen LogP contribution in [-0.4, -0.2) is 140 Å². The molecule has 2 fully saturated rings. The largest absolute Gasteiger partial charge is 0.472 e. The van der Waals surface area contributed by atoms with E-state index in [-0.39, 0.29) is 48.3 Å². The fourth-order valence-electron chi connectivity index (χ4n) is 7.48. The molecule has 1 unspecified atom stereocenters. The van der Waals surface area contributed by atoms with Gasteiger partial charge in [0.05, 0.1) is 26.0 Å². The summed E-state index contributed by atoms with van der Waals surface area (Å²) < 4.78 is 78.2. The minimum atomic E-state index is -5.45. The number of carbonyl (C=O) groups is 3. The molecule has 5 heterocycles. The summed E-state index contributed by atoms with van der Waals surface area (Å²) in [5.74, 6) is -2.09. The van der Waals surface area contributed by atoms with Crippen LogP contribution < -0.4 is 22.5 Å². The lowest BCUT2D eigenvalue weighted by Crippen LogP contribution is -2.43. The molecule has 2 amide bonds. The third kappa shape index (κ3) is 13.6. The molecule has 388 valence electrons. The highest BCUT2D eigenvalue weighted by Gasteiger charge is 2.52. The molecule has 2 aromatic carbocycles. The van der Waals surface area contributed by atoms with Crippen LogP contribution in [0.15, 0.2) is 78.2 Å². The number of hydrogen-bond donors (Lipinski definition) is 8. The van der Waals surface area contributed by atoms with Crippen LogP contribution in [0, 0.1) is 5.82 Å². The van der Waals surface area contributed by atoms with Gasteiger partial charge in [-0.05, 0) is 47.9 Å². The number of imidazole rings is 1. The number of hydrogen-bond acceptors (Lipinski definition) is 21. The molecule has 0 radical (unpaired) electrons. The number of anilines is 3. The van der Waals surface area contributed by atoms with Gasteiger partial charge in [-0.1, -0.05) is 37.6 Å². The second kappa shape index (κ2) is 23.0.